The van der Waals surface area contributed by atoms with Gasteiger partial charge in [0.05, 0.1) is 6.10 Å². The van der Waals surface area contributed by atoms with Crippen molar-refractivity contribution in [1.82, 2.24) is 0 Å². The Balaban J connectivity index is 1.92. The first-order valence-corrected chi connectivity index (χ1v) is 7.68. The van der Waals surface area contributed by atoms with E-state index in [-0.39, 0.29) is 6.29 Å². The Morgan fingerprint density at radius 3 is 2.95 bits per heavy atom. The van der Waals surface area contributed by atoms with Crippen LogP contribution in [0.4, 0.5) is 0 Å². The Morgan fingerprint density at radius 2 is 2.21 bits per heavy atom. The fraction of sp³-hybridized carbons (Fsp3) is 0.765. The van der Waals surface area contributed by atoms with Crippen molar-refractivity contribution in [2.75, 3.05) is 6.61 Å². The number of terminal acetylenes is 1. The molecule has 0 aromatic carbocycles. The maximum absolute atomic E-state index is 5.89. The van der Waals surface area contributed by atoms with Gasteiger partial charge in [-0.15, -0.1) is 12.3 Å². The van der Waals surface area contributed by atoms with Crippen LogP contribution in [0.15, 0.2) is 12.2 Å². The predicted octanol–water partition coefficient (Wildman–Crippen LogP) is 4.45. The van der Waals surface area contributed by atoms with E-state index in [9.17, 15) is 0 Å². The standard InChI is InChI=1S/C17H28O2/c1-3-4-5-6-7-8-9-10-13-16(2)19-17-14-11-12-15-18-17/h1,5-6,16-17H,4,7-15H2,2H3/b6-5-. The molecule has 1 saturated heterocycles. The van der Waals surface area contributed by atoms with Gasteiger partial charge in [-0.1, -0.05) is 25.0 Å². The van der Waals surface area contributed by atoms with Gasteiger partial charge in [-0.05, 0) is 45.4 Å². The van der Waals surface area contributed by atoms with Crippen molar-refractivity contribution in [1.29, 1.82) is 0 Å². The largest absolute Gasteiger partial charge is 0.353 e. The Kier molecular flexibility index (Phi) is 9.49. The summed E-state index contributed by atoms with van der Waals surface area (Å²) in [6.07, 6.45) is 20.1. The maximum Gasteiger partial charge on any atom is 0.157 e. The average Bonchev–Trinajstić information content (AvgIpc) is 2.43. The lowest BCUT2D eigenvalue weighted by Gasteiger charge is -2.26. The van der Waals surface area contributed by atoms with E-state index in [4.69, 9.17) is 15.9 Å². The first-order valence-electron chi connectivity index (χ1n) is 7.68. The molecule has 1 aliphatic heterocycles. The van der Waals surface area contributed by atoms with Gasteiger partial charge in [-0.3, -0.25) is 0 Å². The summed E-state index contributed by atoms with van der Waals surface area (Å²) in [5.41, 5.74) is 0. The number of hydrogen-bond donors (Lipinski definition) is 0. The van der Waals surface area contributed by atoms with Crippen molar-refractivity contribution >= 4 is 0 Å². The fourth-order valence-corrected chi connectivity index (χ4v) is 2.29. The summed E-state index contributed by atoms with van der Waals surface area (Å²) in [5.74, 6) is 2.61. The smallest absolute Gasteiger partial charge is 0.157 e. The van der Waals surface area contributed by atoms with Crippen molar-refractivity contribution in [3.63, 3.8) is 0 Å². The number of hydrogen-bond acceptors (Lipinski definition) is 2. The lowest BCUT2D eigenvalue weighted by atomic mass is 10.1. The van der Waals surface area contributed by atoms with Gasteiger partial charge >= 0.3 is 0 Å². The molecule has 0 amide bonds. The first-order chi connectivity index (χ1) is 9.33. The van der Waals surface area contributed by atoms with Crippen LogP contribution in [0.1, 0.15) is 64.7 Å². The van der Waals surface area contributed by atoms with E-state index in [1.54, 1.807) is 0 Å². The summed E-state index contributed by atoms with van der Waals surface area (Å²) < 4.78 is 11.5. The molecule has 2 unspecified atom stereocenters. The zero-order valence-corrected chi connectivity index (χ0v) is 12.3. The summed E-state index contributed by atoms with van der Waals surface area (Å²) in [6, 6.07) is 0. The maximum atomic E-state index is 5.89. The second kappa shape index (κ2) is 11.1. The third-order valence-corrected chi connectivity index (χ3v) is 3.41. The minimum Gasteiger partial charge on any atom is -0.353 e. The fourth-order valence-electron chi connectivity index (χ4n) is 2.29. The Hall–Kier alpha value is -0.780. The van der Waals surface area contributed by atoms with Crippen LogP contribution >= 0.6 is 0 Å². The van der Waals surface area contributed by atoms with Gasteiger partial charge in [0.25, 0.3) is 0 Å². The minimum absolute atomic E-state index is 0.0513. The van der Waals surface area contributed by atoms with E-state index in [0.717, 1.165) is 32.3 Å². The number of ether oxygens (including phenoxy) is 2. The second-order valence-electron chi connectivity index (χ2n) is 5.26. The van der Waals surface area contributed by atoms with Crippen LogP contribution in [-0.4, -0.2) is 19.0 Å². The molecule has 0 bridgehead atoms. The quantitative estimate of drug-likeness (QED) is 0.348. The highest BCUT2D eigenvalue weighted by Gasteiger charge is 2.16. The molecule has 1 rings (SSSR count). The van der Waals surface area contributed by atoms with E-state index >= 15 is 0 Å². The van der Waals surface area contributed by atoms with Crippen LogP contribution in [0.2, 0.25) is 0 Å². The first kappa shape index (κ1) is 16.3. The van der Waals surface area contributed by atoms with Gasteiger partial charge in [0.15, 0.2) is 6.29 Å². The minimum atomic E-state index is 0.0513. The molecule has 1 fully saturated rings. The second-order valence-corrected chi connectivity index (χ2v) is 5.26. The number of unbranched alkanes of at least 4 members (excludes halogenated alkanes) is 3. The predicted molar refractivity (Wildman–Crippen MR) is 79.8 cm³/mol. The van der Waals surface area contributed by atoms with E-state index in [1.165, 1.54) is 32.1 Å². The van der Waals surface area contributed by atoms with Gasteiger partial charge in [-0.2, -0.15) is 0 Å². The summed E-state index contributed by atoms with van der Waals surface area (Å²) in [5, 5.41) is 0. The molecule has 2 atom stereocenters. The third-order valence-electron chi connectivity index (χ3n) is 3.41. The van der Waals surface area contributed by atoms with Crippen molar-refractivity contribution in [2.24, 2.45) is 0 Å². The molecule has 0 saturated carbocycles. The van der Waals surface area contributed by atoms with Crippen LogP contribution in [0.25, 0.3) is 0 Å². The Bertz CT molecular complexity index is 271. The van der Waals surface area contributed by atoms with Crippen LogP contribution in [0.3, 0.4) is 0 Å². The van der Waals surface area contributed by atoms with Gasteiger partial charge in [0.2, 0.25) is 0 Å². The van der Waals surface area contributed by atoms with Gasteiger partial charge in [0.1, 0.15) is 0 Å². The van der Waals surface area contributed by atoms with Crippen LogP contribution in [0, 0.1) is 12.3 Å². The molecule has 0 aliphatic carbocycles. The molecule has 2 heteroatoms. The molecule has 2 nitrogen and oxygen atoms in total. The zero-order chi connectivity index (χ0) is 13.8. The van der Waals surface area contributed by atoms with Crippen LogP contribution in [0.5, 0.6) is 0 Å². The van der Waals surface area contributed by atoms with Crippen molar-refractivity contribution in [3.05, 3.63) is 12.2 Å². The molecule has 0 N–H and O–H groups in total. The molecule has 0 aromatic rings. The lowest BCUT2D eigenvalue weighted by molar-refractivity contribution is -0.185. The topological polar surface area (TPSA) is 18.5 Å². The zero-order valence-electron chi connectivity index (χ0n) is 12.3. The lowest BCUT2D eigenvalue weighted by Crippen LogP contribution is -2.26. The number of rotatable bonds is 9. The van der Waals surface area contributed by atoms with E-state index in [1.807, 2.05) is 0 Å². The summed E-state index contributed by atoms with van der Waals surface area (Å²) >= 11 is 0. The third kappa shape index (κ3) is 8.86. The summed E-state index contributed by atoms with van der Waals surface area (Å²) in [4.78, 5) is 0. The summed E-state index contributed by atoms with van der Waals surface area (Å²) in [7, 11) is 0. The molecule has 0 aromatic heterocycles. The molecule has 19 heavy (non-hydrogen) atoms. The molecule has 0 spiro atoms. The van der Waals surface area contributed by atoms with Crippen molar-refractivity contribution in [3.8, 4) is 12.3 Å². The van der Waals surface area contributed by atoms with Gasteiger partial charge in [-0.25, -0.2) is 0 Å². The highest BCUT2D eigenvalue weighted by molar-refractivity contribution is 4.96. The Labute approximate surface area is 118 Å². The molecular weight excluding hydrogens is 236 g/mol. The highest BCUT2D eigenvalue weighted by Crippen LogP contribution is 2.17. The average molecular weight is 264 g/mol. The molecule has 0 radical (unpaired) electrons. The van der Waals surface area contributed by atoms with Crippen molar-refractivity contribution < 1.29 is 9.47 Å². The van der Waals surface area contributed by atoms with Gasteiger partial charge in [0, 0.05) is 13.0 Å². The van der Waals surface area contributed by atoms with Gasteiger partial charge < -0.3 is 9.47 Å². The molecule has 108 valence electrons. The molecule has 1 aliphatic rings. The molecular formula is C17H28O2. The molecule has 1 heterocycles. The van der Waals surface area contributed by atoms with Crippen LogP contribution < -0.4 is 0 Å². The number of allylic oxidation sites excluding steroid dienone is 2. The van der Waals surface area contributed by atoms with E-state index in [2.05, 4.69) is 25.0 Å². The van der Waals surface area contributed by atoms with E-state index < -0.39 is 0 Å². The summed E-state index contributed by atoms with van der Waals surface area (Å²) in [6.45, 7) is 3.02. The van der Waals surface area contributed by atoms with Crippen molar-refractivity contribution in [2.45, 2.75) is 77.1 Å². The Morgan fingerprint density at radius 1 is 1.32 bits per heavy atom. The SMILES string of the molecule is C#CC/C=C\CCCCCC(C)OC1CCCCO1. The van der Waals surface area contributed by atoms with Crippen LogP contribution in [-0.2, 0) is 9.47 Å². The van der Waals surface area contributed by atoms with E-state index in [0.29, 0.717) is 6.10 Å². The highest BCUT2D eigenvalue weighted by atomic mass is 16.7. The normalized spacial score (nSPS) is 21.4. The monoisotopic (exact) mass is 264 g/mol.